The lowest BCUT2D eigenvalue weighted by Crippen LogP contribution is -1.85. The Labute approximate surface area is 95.5 Å². The summed E-state index contributed by atoms with van der Waals surface area (Å²) >= 11 is 6.98. The Morgan fingerprint density at radius 2 is 2.00 bits per heavy atom. The molecule has 2 aromatic heterocycles. The van der Waals surface area contributed by atoms with E-state index in [2.05, 4.69) is 9.97 Å². The van der Waals surface area contributed by atoms with Crippen molar-refractivity contribution in [3.05, 3.63) is 47.5 Å². The molecule has 5 heteroatoms. The molecule has 2 nitrogen and oxygen atoms in total. The molecule has 2 aromatic rings. The molecule has 76 valence electrons. The molecule has 0 saturated carbocycles. The zero-order chi connectivity index (χ0) is 10.7. The largest absolute Gasteiger partial charge is 0.248 e. The monoisotopic (exact) mass is 240 g/mol. The minimum Gasteiger partial charge on any atom is -0.248 e. The Morgan fingerprint density at radius 3 is 2.67 bits per heavy atom. The van der Waals surface area contributed by atoms with Crippen LogP contribution in [0.25, 0.3) is 0 Å². The topological polar surface area (TPSA) is 25.8 Å². The molecule has 0 spiro atoms. The number of pyridine rings is 2. The molecular weight excluding hydrogens is 235 g/mol. The zero-order valence-corrected chi connectivity index (χ0v) is 9.10. The van der Waals surface area contributed by atoms with Crippen LogP contribution in [0.2, 0.25) is 5.02 Å². The molecule has 0 unspecified atom stereocenters. The first kappa shape index (κ1) is 10.4. The second kappa shape index (κ2) is 4.59. The van der Waals surface area contributed by atoms with Crippen LogP contribution in [0.3, 0.4) is 0 Å². The number of nitrogens with zero attached hydrogens (tertiary/aromatic N) is 2. The second-order valence-corrected chi connectivity index (χ2v) is 4.19. The number of rotatable bonds is 2. The Hall–Kier alpha value is -1.13. The molecule has 0 aliphatic heterocycles. The first-order chi connectivity index (χ1) is 7.24. The van der Waals surface area contributed by atoms with Crippen LogP contribution < -0.4 is 0 Å². The van der Waals surface area contributed by atoms with E-state index >= 15 is 0 Å². The van der Waals surface area contributed by atoms with E-state index in [9.17, 15) is 4.39 Å². The van der Waals surface area contributed by atoms with Gasteiger partial charge in [0.05, 0.1) is 5.02 Å². The first-order valence-electron chi connectivity index (χ1n) is 4.16. The molecule has 2 heterocycles. The summed E-state index contributed by atoms with van der Waals surface area (Å²) in [5, 5.41) is 1.88. The van der Waals surface area contributed by atoms with Gasteiger partial charge >= 0.3 is 0 Å². The van der Waals surface area contributed by atoms with Crippen molar-refractivity contribution in [3.8, 4) is 0 Å². The fraction of sp³-hybridized carbons (Fsp3) is 0. The smallest absolute Gasteiger partial charge is 0.213 e. The SMILES string of the molecule is Fc1cccc(Sc2ccc(Cl)cn2)n1. The minimum atomic E-state index is -0.492. The van der Waals surface area contributed by atoms with Crippen molar-refractivity contribution >= 4 is 23.4 Å². The molecule has 0 atom stereocenters. The summed E-state index contributed by atoms with van der Waals surface area (Å²) in [5.74, 6) is -0.492. The Kier molecular flexibility index (Phi) is 3.18. The third-order valence-electron chi connectivity index (χ3n) is 1.60. The van der Waals surface area contributed by atoms with Gasteiger partial charge in [-0.25, -0.2) is 9.97 Å². The van der Waals surface area contributed by atoms with Gasteiger partial charge in [0.15, 0.2) is 0 Å². The summed E-state index contributed by atoms with van der Waals surface area (Å²) in [6.07, 6.45) is 1.54. The molecule has 0 aliphatic rings. The molecule has 2 rings (SSSR count). The predicted octanol–water partition coefficient (Wildman–Crippen LogP) is 3.42. The minimum absolute atomic E-state index is 0.492. The van der Waals surface area contributed by atoms with Gasteiger partial charge in [0.1, 0.15) is 10.1 Å². The Morgan fingerprint density at radius 1 is 1.13 bits per heavy atom. The molecule has 0 aliphatic carbocycles. The van der Waals surface area contributed by atoms with Crippen LogP contribution in [0.4, 0.5) is 4.39 Å². The normalized spacial score (nSPS) is 10.3. The lowest BCUT2D eigenvalue weighted by Gasteiger charge is -1.99. The number of halogens is 2. The van der Waals surface area contributed by atoms with E-state index < -0.39 is 5.95 Å². The van der Waals surface area contributed by atoms with Gasteiger partial charge in [-0.05, 0) is 24.3 Å². The van der Waals surface area contributed by atoms with Crippen LogP contribution in [0, 0.1) is 5.95 Å². The van der Waals surface area contributed by atoms with Gasteiger partial charge in [-0.1, -0.05) is 29.4 Å². The molecule has 0 amide bonds. The maximum absolute atomic E-state index is 12.8. The van der Waals surface area contributed by atoms with E-state index in [1.165, 1.54) is 17.8 Å². The molecule has 0 fully saturated rings. The molecular formula is C10H6ClFN2S. The van der Waals surface area contributed by atoms with Crippen molar-refractivity contribution < 1.29 is 4.39 Å². The number of aromatic nitrogens is 2. The lowest BCUT2D eigenvalue weighted by atomic mass is 10.5. The highest BCUT2D eigenvalue weighted by Gasteiger charge is 2.01. The fourth-order valence-electron chi connectivity index (χ4n) is 0.976. The van der Waals surface area contributed by atoms with E-state index in [0.29, 0.717) is 10.0 Å². The zero-order valence-electron chi connectivity index (χ0n) is 7.52. The van der Waals surface area contributed by atoms with Crippen LogP contribution in [0.15, 0.2) is 46.6 Å². The highest BCUT2D eigenvalue weighted by atomic mass is 35.5. The third kappa shape index (κ3) is 2.91. The van der Waals surface area contributed by atoms with Crippen molar-refractivity contribution in [1.82, 2.24) is 9.97 Å². The van der Waals surface area contributed by atoms with Gasteiger partial charge in [-0.2, -0.15) is 4.39 Å². The summed E-state index contributed by atoms with van der Waals surface area (Å²) in [6, 6.07) is 8.14. The average Bonchev–Trinajstić information content (AvgIpc) is 2.22. The fourth-order valence-corrected chi connectivity index (χ4v) is 1.82. The van der Waals surface area contributed by atoms with Crippen molar-refractivity contribution in [2.24, 2.45) is 0 Å². The van der Waals surface area contributed by atoms with Crippen molar-refractivity contribution in [2.75, 3.05) is 0 Å². The molecule has 0 radical (unpaired) electrons. The molecule has 15 heavy (non-hydrogen) atoms. The number of hydrogen-bond donors (Lipinski definition) is 0. The predicted molar refractivity (Wildman–Crippen MR) is 57.6 cm³/mol. The van der Waals surface area contributed by atoms with Gasteiger partial charge in [0.2, 0.25) is 5.95 Å². The standard InChI is InChI=1S/C10H6ClFN2S/c11-7-4-5-9(13-6-7)15-10-3-1-2-8(12)14-10/h1-6H. The molecule has 0 saturated heterocycles. The van der Waals surface area contributed by atoms with Gasteiger partial charge in [0, 0.05) is 6.20 Å². The summed E-state index contributed by atoms with van der Waals surface area (Å²) < 4.78 is 12.8. The summed E-state index contributed by atoms with van der Waals surface area (Å²) in [5.41, 5.74) is 0. The quantitative estimate of drug-likeness (QED) is 0.753. The lowest BCUT2D eigenvalue weighted by molar-refractivity contribution is 0.572. The molecule has 0 N–H and O–H groups in total. The summed E-state index contributed by atoms with van der Waals surface area (Å²) in [6.45, 7) is 0. The van der Waals surface area contributed by atoms with Crippen molar-refractivity contribution in [1.29, 1.82) is 0 Å². The van der Waals surface area contributed by atoms with Crippen LogP contribution in [-0.4, -0.2) is 9.97 Å². The van der Waals surface area contributed by atoms with E-state index in [1.807, 2.05) is 0 Å². The van der Waals surface area contributed by atoms with Crippen LogP contribution in [0.5, 0.6) is 0 Å². The molecule has 0 aromatic carbocycles. The summed E-state index contributed by atoms with van der Waals surface area (Å²) in [4.78, 5) is 7.79. The maximum Gasteiger partial charge on any atom is 0.213 e. The summed E-state index contributed by atoms with van der Waals surface area (Å²) in [7, 11) is 0. The highest BCUT2D eigenvalue weighted by molar-refractivity contribution is 7.99. The first-order valence-corrected chi connectivity index (χ1v) is 5.35. The Bertz CT molecular complexity index is 461. The van der Waals surface area contributed by atoms with E-state index in [4.69, 9.17) is 11.6 Å². The maximum atomic E-state index is 12.8. The van der Waals surface area contributed by atoms with E-state index in [0.717, 1.165) is 5.03 Å². The van der Waals surface area contributed by atoms with Gasteiger partial charge in [-0.3, -0.25) is 0 Å². The average molecular weight is 241 g/mol. The third-order valence-corrected chi connectivity index (χ3v) is 2.71. The van der Waals surface area contributed by atoms with Crippen molar-refractivity contribution in [2.45, 2.75) is 10.1 Å². The molecule has 0 bridgehead atoms. The highest BCUT2D eigenvalue weighted by Crippen LogP contribution is 2.24. The van der Waals surface area contributed by atoms with E-state index in [1.54, 1.807) is 30.5 Å². The van der Waals surface area contributed by atoms with Crippen LogP contribution in [0.1, 0.15) is 0 Å². The van der Waals surface area contributed by atoms with Crippen LogP contribution >= 0.6 is 23.4 Å². The number of hydrogen-bond acceptors (Lipinski definition) is 3. The van der Waals surface area contributed by atoms with E-state index in [-0.39, 0.29) is 0 Å². The second-order valence-electron chi connectivity index (χ2n) is 2.72. The Balaban J connectivity index is 2.18. The van der Waals surface area contributed by atoms with Gasteiger partial charge < -0.3 is 0 Å². The van der Waals surface area contributed by atoms with Crippen LogP contribution in [-0.2, 0) is 0 Å². The van der Waals surface area contributed by atoms with Crippen molar-refractivity contribution in [3.63, 3.8) is 0 Å². The van der Waals surface area contributed by atoms with Gasteiger partial charge in [0.25, 0.3) is 0 Å². The van der Waals surface area contributed by atoms with Gasteiger partial charge in [-0.15, -0.1) is 0 Å².